The van der Waals surface area contributed by atoms with Crippen LogP contribution in [0.5, 0.6) is 0 Å². The Hall–Kier alpha value is -3.22. The first-order chi connectivity index (χ1) is 14.6. The Bertz CT molecular complexity index is 1490. The van der Waals surface area contributed by atoms with E-state index in [1.54, 1.807) is 42.6 Å². The van der Waals surface area contributed by atoms with E-state index >= 15 is 0 Å². The molecule has 30 heavy (non-hydrogen) atoms. The van der Waals surface area contributed by atoms with Gasteiger partial charge in [-0.25, -0.2) is 4.98 Å². The molecule has 5 aromatic rings. The van der Waals surface area contributed by atoms with Crippen molar-refractivity contribution in [2.45, 2.75) is 0 Å². The summed E-state index contributed by atoms with van der Waals surface area (Å²) in [5, 5.41) is 6.34. The van der Waals surface area contributed by atoms with Gasteiger partial charge in [0.05, 0.1) is 17.1 Å². The molecule has 3 aromatic carbocycles. The molecule has 0 atom stereocenters. The summed E-state index contributed by atoms with van der Waals surface area (Å²) in [4.78, 5) is 17.9. The van der Waals surface area contributed by atoms with Gasteiger partial charge in [-0.3, -0.25) is 4.79 Å². The highest BCUT2D eigenvalue weighted by Crippen LogP contribution is 2.29. The smallest absolute Gasteiger partial charge is 0.282 e. The Morgan fingerprint density at radius 3 is 2.67 bits per heavy atom. The van der Waals surface area contributed by atoms with E-state index in [0.29, 0.717) is 33.1 Å². The largest absolute Gasteiger partial charge is 0.453 e. The predicted octanol–water partition coefficient (Wildman–Crippen LogP) is 6.11. The number of hydrogen-bond donors (Lipinski definition) is 0. The molecule has 0 amide bonds. The van der Waals surface area contributed by atoms with Gasteiger partial charge in [0.25, 0.3) is 5.56 Å². The Balaban J connectivity index is 1.73. The van der Waals surface area contributed by atoms with Crippen LogP contribution in [0.15, 0.2) is 91.6 Å². The van der Waals surface area contributed by atoms with Crippen molar-refractivity contribution in [1.82, 2.24) is 9.66 Å². The van der Waals surface area contributed by atoms with Crippen molar-refractivity contribution >= 4 is 55.6 Å². The molecule has 0 aliphatic rings. The van der Waals surface area contributed by atoms with E-state index in [2.05, 4.69) is 26.0 Å². The van der Waals surface area contributed by atoms with Crippen molar-refractivity contribution < 1.29 is 4.42 Å². The van der Waals surface area contributed by atoms with E-state index in [-0.39, 0.29) is 5.56 Å². The van der Waals surface area contributed by atoms with Gasteiger partial charge in [-0.15, -0.1) is 0 Å². The Morgan fingerprint density at radius 2 is 1.83 bits per heavy atom. The van der Waals surface area contributed by atoms with Gasteiger partial charge < -0.3 is 4.42 Å². The quantitative estimate of drug-likeness (QED) is 0.294. The predicted molar refractivity (Wildman–Crippen MR) is 123 cm³/mol. The molecule has 2 aromatic heterocycles. The number of para-hydroxylation sites is 1. The zero-order valence-corrected chi connectivity index (χ0v) is 17.8. The maximum absolute atomic E-state index is 13.2. The number of fused-ring (bicyclic) bond motifs is 2. The first-order valence-electron chi connectivity index (χ1n) is 9.10. The lowest BCUT2D eigenvalue weighted by Crippen LogP contribution is -2.20. The summed E-state index contributed by atoms with van der Waals surface area (Å²) < 4.78 is 8.19. The molecule has 5 rings (SSSR count). The van der Waals surface area contributed by atoms with Gasteiger partial charge >= 0.3 is 0 Å². The number of nitrogens with zero attached hydrogens (tertiary/aromatic N) is 3. The highest BCUT2D eigenvalue weighted by molar-refractivity contribution is 9.10. The number of furan rings is 1. The summed E-state index contributed by atoms with van der Waals surface area (Å²) in [5.41, 5.74) is 1.80. The van der Waals surface area contributed by atoms with Crippen LogP contribution in [0.2, 0.25) is 5.02 Å². The van der Waals surface area contributed by atoms with Crippen molar-refractivity contribution in [2.24, 2.45) is 5.10 Å². The molecule has 146 valence electrons. The van der Waals surface area contributed by atoms with Gasteiger partial charge in [-0.05, 0) is 54.1 Å². The fourth-order valence-corrected chi connectivity index (χ4v) is 3.63. The molecular weight excluding hydrogens is 466 g/mol. The van der Waals surface area contributed by atoms with Gasteiger partial charge in [0.2, 0.25) is 5.82 Å². The lowest BCUT2D eigenvalue weighted by molar-refractivity contribution is 0.616. The van der Waals surface area contributed by atoms with Crippen molar-refractivity contribution in [3.05, 3.63) is 98.2 Å². The molecular formula is C23H13BrClN3O2. The lowest BCUT2D eigenvalue weighted by atomic mass is 10.2. The van der Waals surface area contributed by atoms with Crippen LogP contribution in [0.3, 0.4) is 0 Å². The second-order valence-electron chi connectivity index (χ2n) is 6.66. The van der Waals surface area contributed by atoms with Crippen molar-refractivity contribution in [3.8, 4) is 11.6 Å². The molecule has 0 fully saturated rings. The topological polar surface area (TPSA) is 60.4 Å². The highest BCUT2D eigenvalue weighted by atomic mass is 79.9. The first-order valence-corrected chi connectivity index (χ1v) is 10.3. The van der Waals surface area contributed by atoms with Crippen LogP contribution >= 0.6 is 27.5 Å². The van der Waals surface area contributed by atoms with Gasteiger partial charge in [0, 0.05) is 14.9 Å². The maximum atomic E-state index is 13.2. The molecule has 5 nitrogen and oxygen atoms in total. The number of halogens is 2. The standard InChI is InChI=1S/C23H13BrClN3O2/c24-16-7-5-14(6-8-16)13-26-28-22(27-19-4-2-1-3-18(19)23(28)29)21-12-15-11-17(25)9-10-20(15)30-21/h1-13H. The Kier molecular flexibility index (Phi) is 4.73. The van der Waals surface area contributed by atoms with Gasteiger partial charge in [-0.2, -0.15) is 9.78 Å². The normalized spacial score (nSPS) is 11.7. The van der Waals surface area contributed by atoms with Crippen molar-refractivity contribution in [3.63, 3.8) is 0 Å². The zero-order chi connectivity index (χ0) is 20.7. The van der Waals surface area contributed by atoms with E-state index < -0.39 is 0 Å². The molecule has 0 aliphatic heterocycles. The van der Waals surface area contributed by atoms with Crippen LogP contribution in [0.4, 0.5) is 0 Å². The lowest BCUT2D eigenvalue weighted by Gasteiger charge is -2.07. The number of aromatic nitrogens is 2. The van der Waals surface area contributed by atoms with E-state index in [9.17, 15) is 4.79 Å². The third-order valence-electron chi connectivity index (χ3n) is 4.64. The van der Waals surface area contributed by atoms with Crippen molar-refractivity contribution in [2.75, 3.05) is 0 Å². The second kappa shape index (κ2) is 7.55. The zero-order valence-electron chi connectivity index (χ0n) is 15.4. The molecule has 0 spiro atoms. The summed E-state index contributed by atoms with van der Waals surface area (Å²) in [6.45, 7) is 0. The minimum Gasteiger partial charge on any atom is -0.453 e. The highest BCUT2D eigenvalue weighted by Gasteiger charge is 2.16. The maximum Gasteiger partial charge on any atom is 0.282 e. The van der Waals surface area contributed by atoms with Gasteiger partial charge in [0.1, 0.15) is 5.58 Å². The van der Waals surface area contributed by atoms with Crippen LogP contribution in [0, 0.1) is 0 Å². The minimum absolute atomic E-state index is 0.276. The minimum atomic E-state index is -0.276. The van der Waals surface area contributed by atoms with E-state index in [4.69, 9.17) is 16.0 Å². The van der Waals surface area contributed by atoms with Crippen LogP contribution in [-0.4, -0.2) is 15.9 Å². The summed E-state index contributed by atoms with van der Waals surface area (Å²) >= 11 is 9.51. The molecule has 0 radical (unpaired) electrons. The van der Waals surface area contributed by atoms with Crippen LogP contribution in [0.25, 0.3) is 33.5 Å². The van der Waals surface area contributed by atoms with E-state index in [1.807, 2.05) is 36.4 Å². The average Bonchev–Trinajstić information content (AvgIpc) is 3.17. The number of hydrogen-bond acceptors (Lipinski definition) is 4. The molecule has 0 saturated heterocycles. The van der Waals surface area contributed by atoms with Gasteiger partial charge in [0.15, 0.2) is 5.76 Å². The molecule has 2 heterocycles. The third-order valence-corrected chi connectivity index (χ3v) is 5.41. The molecule has 0 aliphatic carbocycles. The number of benzene rings is 3. The second-order valence-corrected chi connectivity index (χ2v) is 8.01. The molecule has 0 unspecified atom stereocenters. The first kappa shape index (κ1) is 18.8. The summed E-state index contributed by atoms with van der Waals surface area (Å²) in [5.74, 6) is 0.752. The molecule has 0 N–H and O–H groups in total. The average molecular weight is 479 g/mol. The summed E-state index contributed by atoms with van der Waals surface area (Å²) in [6.07, 6.45) is 1.62. The Morgan fingerprint density at radius 1 is 1.03 bits per heavy atom. The molecule has 0 saturated carbocycles. The van der Waals surface area contributed by atoms with Crippen LogP contribution in [-0.2, 0) is 0 Å². The van der Waals surface area contributed by atoms with Crippen LogP contribution in [0.1, 0.15) is 5.56 Å². The number of rotatable bonds is 3. The van der Waals surface area contributed by atoms with E-state index in [1.165, 1.54) is 4.68 Å². The summed E-state index contributed by atoms with van der Waals surface area (Å²) in [6, 6.07) is 21.9. The van der Waals surface area contributed by atoms with Crippen LogP contribution < -0.4 is 5.56 Å². The fraction of sp³-hybridized carbons (Fsp3) is 0. The van der Waals surface area contributed by atoms with E-state index in [0.717, 1.165) is 15.4 Å². The van der Waals surface area contributed by atoms with Crippen molar-refractivity contribution in [1.29, 1.82) is 0 Å². The summed E-state index contributed by atoms with van der Waals surface area (Å²) in [7, 11) is 0. The Labute approximate surface area is 184 Å². The SMILES string of the molecule is O=c1c2ccccc2nc(-c2cc3cc(Cl)ccc3o2)n1N=Cc1ccc(Br)cc1. The third kappa shape index (κ3) is 3.44. The fourth-order valence-electron chi connectivity index (χ4n) is 3.19. The monoisotopic (exact) mass is 477 g/mol. The molecule has 7 heteroatoms. The van der Waals surface area contributed by atoms with Gasteiger partial charge in [-0.1, -0.05) is 51.8 Å². The molecule has 0 bridgehead atoms.